The summed E-state index contributed by atoms with van der Waals surface area (Å²) in [5.41, 5.74) is 1.02. The number of allylic oxidation sites excluding steroid dienone is 1. The molecule has 0 amide bonds. The molecule has 10 nitrogen and oxygen atoms in total. The lowest BCUT2D eigenvalue weighted by Gasteiger charge is -2.24. The van der Waals surface area contributed by atoms with Crippen LogP contribution >= 0.6 is 22.9 Å². The minimum absolute atomic E-state index is 0.160. The van der Waals surface area contributed by atoms with Gasteiger partial charge in [0.25, 0.3) is 11.2 Å². The van der Waals surface area contributed by atoms with Crippen molar-refractivity contribution in [3.8, 4) is 17.1 Å². The van der Waals surface area contributed by atoms with Crippen molar-refractivity contribution in [1.82, 2.24) is 4.57 Å². The van der Waals surface area contributed by atoms with Crippen LogP contribution in [0.25, 0.3) is 17.4 Å². The number of esters is 1. The number of rotatable bonds is 9. The van der Waals surface area contributed by atoms with Gasteiger partial charge in [0.1, 0.15) is 23.9 Å². The summed E-state index contributed by atoms with van der Waals surface area (Å²) in [5, 5.41) is 11.8. The van der Waals surface area contributed by atoms with Crippen LogP contribution in [0.1, 0.15) is 31.2 Å². The summed E-state index contributed by atoms with van der Waals surface area (Å²) in [5.74, 6) is 0.597. The van der Waals surface area contributed by atoms with E-state index >= 15 is 0 Å². The smallest absolute Gasteiger partial charge is 0.338 e. The normalized spacial score (nSPS) is 14.7. The molecule has 2 aromatic carbocycles. The summed E-state index contributed by atoms with van der Waals surface area (Å²) < 4.78 is 18.6. The first kappa shape index (κ1) is 28.8. The largest absolute Gasteiger partial charge is 0.490 e. The highest BCUT2D eigenvalue weighted by molar-refractivity contribution is 7.07. The maximum atomic E-state index is 13.8. The number of ether oxygens (including phenoxy) is 2. The average Bonchev–Trinajstić information content (AvgIpc) is 3.55. The van der Waals surface area contributed by atoms with Crippen LogP contribution in [0.2, 0.25) is 5.02 Å². The molecule has 12 heteroatoms. The number of carbonyl (C=O) groups excluding carboxylic acids is 1. The zero-order valence-corrected chi connectivity index (χ0v) is 24.1. The molecule has 0 unspecified atom stereocenters. The number of benzene rings is 2. The molecular formula is C30H24ClN3O7S. The molecule has 214 valence electrons. The summed E-state index contributed by atoms with van der Waals surface area (Å²) in [6.07, 6.45) is 3.18. The number of carbonyl (C=O) groups is 1. The van der Waals surface area contributed by atoms with Crippen molar-refractivity contribution in [2.24, 2.45) is 4.99 Å². The van der Waals surface area contributed by atoms with Crippen molar-refractivity contribution in [2.75, 3.05) is 13.2 Å². The number of nitro benzene ring substituents is 1. The van der Waals surface area contributed by atoms with E-state index in [1.165, 1.54) is 22.8 Å². The standard InChI is InChI=1S/C30H24ClN3O7S/c1-4-14-40-20-9-6-18(7-10-20)27-26(29(36)39-5-2)17(3)32-30-33(27)28(35)25(42-30)16-21-11-13-24(41-21)22-12-8-19(31)15-23(22)34(37)38/h4,6-13,15-16,27H,1,5,14H2,2-3H3/b25-16-/t27-/m0/s1. The van der Waals surface area contributed by atoms with Gasteiger partial charge in [0.2, 0.25) is 0 Å². The number of hydrogen-bond acceptors (Lipinski definition) is 9. The van der Waals surface area contributed by atoms with Crippen molar-refractivity contribution < 1.29 is 23.6 Å². The topological polar surface area (TPSA) is 126 Å². The fraction of sp³-hybridized carbons (Fsp3) is 0.167. The predicted molar refractivity (Wildman–Crippen MR) is 158 cm³/mol. The van der Waals surface area contributed by atoms with Gasteiger partial charge in [0.15, 0.2) is 4.80 Å². The second-order valence-corrected chi connectivity index (χ2v) is 10.5. The summed E-state index contributed by atoms with van der Waals surface area (Å²) in [7, 11) is 0. The Balaban J connectivity index is 1.60. The van der Waals surface area contributed by atoms with E-state index in [9.17, 15) is 19.7 Å². The Bertz CT molecular complexity index is 1920. The Morgan fingerprint density at radius 3 is 2.69 bits per heavy atom. The molecule has 5 rings (SSSR count). The van der Waals surface area contributed by atoms with Crippen LogP contribution < -0.4 is 19.6 Å². The Morgan fingerprint density at radius 1 is 1.24 bits per heavy atom. The van der Waals surface area contributed by atoms with Gasteiger partial charge in [-0.2, -0.15) is 0 Å². The Kier molecular flexibility index (Phi) is 8.23. The second-order valence-electron chi connectivity index (χ2n) is 9.09. The molecule has 2 aromatic heterocycles. The molecule has 1 aliphatic rings. The molecule has 0 N–H and O–H groups in total. The minimum Gasteiger partial charge on any atom is -0.490 e. The van der Waals surface area contributed by atoms with Gasteiger partial charge in [-0.1, -0.05) is 47.7 Å². The fourth-order valence-corrected chi connectivity index (χ4v) is 5.77. The second kappa shape index (κ2) is 12.0. The van der Waals surface area contributed by atoms with E-state index in [0.29, 0.717) is 38.7 Å². The molecule has 1 aliphatic heterocycles. The highest BCUT2D eigenvalue weighted by Gasteiger charge is 2.33. The number of hydrogen-bond donors (Lipinski definition) is 0. The number of halogens is 1. The van der Waals surface area contributed by atoms with Crippen LogP contribution in [-0.2, 0) is 9.53 Å². The molecule has 0 saturated heterocycles. The van der Waals surface area contributed by atoms with Crippen LogP contribution in [0.5, 0.6) is 5.75 Å². The van der Waals surface area contributed by atoms with Crippen molar-refractivity contribution in [1.29, 1.82) is 0 Å². The number of aromatic nitrogens is 1. The maximum Gasteiger partial charge on any atom is 0.338 e. The molecule has 0 spiro atoms. The van der Waals surface area contributed by atoms with Crippen molar-refractivity contribution in [2.45, 2.75) is 19.9 Å². The first-order valence-electron chi connectivity index (χ1n) is 12.8. The van der Waals surface area contributed by atoms with Gasteiger partial charge in [0, 0.05) is 17.2 Å². The van der Waals surface area contributed by atoms with Gasteiger partial charge in [-0.05, 0) is 55.8 Å². The van der Waals surface area contributed by atoms with Crippen LogP contribution in [0.3, 0.4) is 0 Å². The SMILES string of the molecule is C=CCOc1ccc([C@H]2C(C(=O)OCC)=C(C)N=c3s/c(=C\c4ccc(-c5ccc(Cl)cc5[N+](=O)[O-])o4)c(=O)n32)cc1. The van der Waals surface area contributed by atoms with E-state index in [-0.39, 0.29) is 39.8 Å². The zero-order valence-electron chi connectivity index (χ0n) is 22.5. The fourth-order valence-electron chi connectivity index (χ4n) is 4.58. The van der Waals surface area contributed by atoms with E-state index in [0.717, 1.165) is 11.3 Å². The van der Waals surface area contributed by atoms with E-state index in [1.54, 1.807) is 62.4 Å². The van der Waals surface area contributed by atoms with Crippen molar-refractivity contribution >= 4 is 40.7 Å². The minimum atomic E-state index is -0.792. The molecule has 0 saturated carbocycles. The highest BCUT2D eigenvalue weighted by atomic mass is 35.5. The number of fused-ring (bicyclic) bond motifs is 1. The lowest BCUT2D eigenvalue weighted by atomic mass is 9.96. The molecule has 0 fully saturated rings. The zero-order chi connectivity index (χ0) is 30.0. The monoisotopic (exact) mass is 605 g/mol. The van der Waals surface area contributed by atoms with E-state index in [4.69, 9.17) is 25.5 Å². The molecule has 4 aromatic rings. The Hall–Kier alpha value is -4.74. The van der Waals surface area contributed by atoms with Gasteiger partial charge < -0.3 is 13.9 Å². The lowest BCUT2D eigenvalue weighted by Crippen LogP contribution is -2.39. The van der Waals surface area contributed by atoms with Crippen LogP contribution in [0.4, 0.5) is 5.69 Å². The summed E-state index contributed by atoms with van der Waals surface area (Å²) >= 11 is 7.08. The number of nitrogens with zero attached hydrogens (tertiary/aromatic N) is 3. The van der Waals surface area contributed by atoms with Crippen LogP contribution in [-0.4, -0.2) is 28.7 Å². The molecule has 42 heavy (non-hydrogen) atoms. The Morgan fingerprint density at radius 2 is 2.00 bits per heavy atom. The van der Waals surface area contributed by atoms with E-state index < -0.39 is 16.9 Å². The molecule has 0 radical (unpaired) electrons. The third-order valence-electron chi connectivity index (χ3n) is 6.40. The molecular weight excluding hydrogens is 582 g/mol. The summed E-state index contributed by atoms with van der Waals surface area (Å²) in [4.78, 5) is 42.9. The molecule has 3 heterocycles. The van der Waals surface area contributed by atoms with E-state index in [1.807, 2.05) is 0 Å². The third-order valence-corrected chi connectivity index (χ3v) is 7.62. The van der Waals surface area contributed by atoms with E-state index in [2.05, 4.69) is 11.6 Å². The predicted octanol–water partition coefficient (Wildman–Crippen LogP) is 5.18. The lowest BCUT2D eigenvalue weighted by molar-refractivity contribution is -0.384. The van der Waals surface area contributed by atoms with Crippen molar-refractivity contribution in [3.05, 3.63) is 125 Å². The maximum absolute atomic E-state index is 13.8. The van der Waals surface area contributed by atoms with Gasteiger partial charge in [-0.3, -0.25) is 19.5 Å². The number of thiazole rings is 1. The molecule has 0 aliphatic carbocycles. The van der Waals surface area contributed by atoms with Crippen LogP contribution in [0, 0.1) is 10.1 Å². The highest BCUT2D eigenvalue weighted by Crippen LogP contribution is 2.34. The first-order valence-corrected chi connectivity index (χ1v) is 14.0. The average molecular weight is 606 g/mol. The Labute approximate surface area is 248 Å². The van der Waals surface area contributed by atoms with Crippen molar-refractivity contribution in [3.63, 3.8) is 0 Å². The first-order chi connectivity index (χ1) is 20.2. The van der Waals surface area contributed by atoms with Gasteiger partial charge in [0.05, 0.1) is 38.9 Å². The van der Waals surface area contributed by atoms with Gasteiger partial charge in [-0.25, -0.2) is 9.79 Å². The van der Waals surface area contributed by atoms with Gasteiger partial charge in [-0.15, -0.1) is 0 Å². The van der Waals surface area contributed by atoms with Gasteiger partial charge >= 0.3 is 5.97 Å². The number of furan rings is 1. The van der Waals surface area contributed by atoms with Crippen LogP contribution in [0.15, 0.2) is 92.7 Å². The molecule has 1 atom stereocenters. The quantitative estimate of drug-likeness (QED) is 0.111. The number of nitro groups is 1. The summed E-state index contributed by atoms with van der Waals surface area (Å²) in [6.45, 7) is 7.56. The summed E-state index contributed by atoms with van der Waals surface area (Å²) in [6, 6.07) is 13.8. The third kappa shape index (κ3) is 5.56. The molecule has 0 bridgehead atoms.